The van der Waals surface area contributed by atoms with E-state index in [4.69, 9.17) is 33.2 Å². The van der Waals surface area contributed by atoms with Gasteiger partial charge in [0, 0.05) is 5.56 Å². The molecule has 16 heavy (non-hydrogen) atoms. The van der Waals surface area contributed by atoms with Crippen molar-refractivity contribution in [2.45, 2.75) is 12.8 Å². The predicted molar refractivity (Wildman–Crippen MR) is 61.7 cm³/mol. The third-order valence-electron chi connectivity index (χ3n) is 1.99. The maximum atomic E-state index is 11.5. The lowest BCUT2D eigenvalue weighted by Gasteiger charge is -2.08. The molecule has 1 rings (SSSR count). The van der Waals surface area contributed by atoms with E-state index in [1.807, 2.05) is 6.07 Å². The van der Waals surface area contributed by atoms with E-state index in [-0.39, 0.29) is 23.1 Å². The number of rotatable bonds is 3. The van der Waals surface area contributed by atoms with Gasteiger partial charge >= 0.3 is 5.97 Å². The van der Waals surface area contributed by atoms with Gasteiger partial charge in [-0.05, 0) is 19.1 Å². The third-order valence-corrected chi connectivity index (χ3v) is 2.69. The summed E-state index contributed by atoms with van der Waals surface area (Å²) < 4.78 is 4.83. The first-order chi connectivity index (χ1) is 7.65. The van der Waals surface area contributed by atoms with Gasteiger partial charge in [0.1, 0.15) is 0 Å². The fourth-order valence-corrected chi connectivity index (χ4v) is 1.88. The summed E-state index contributed by atoms with van der Waals surface area (Å²) in [5.41, 5.74) is 1.06. The highest BCUT2D eigenvalue weighted by molar-refractivity contribution is 6.35. The van der Waals surface area contributed by atoms with Crippen molar-refractivity contribution in [3.63, 3.8) is 0 Å². The largest absolute Gasteiger partial charge is 0.462 e. The van der Waals surface area contributed by atoms with Crippen LogP contribution in [0, 0.1) is 11.3 Å². The average Bonchev–Trinajstić information content (AvgIpc) is 2.28. The first kappa shape index (κ1) is 12.8. The molecule has 0 atom stereocenters. The molecule has 0 spiro atoms. The smallest absolute Gasteiger partial charge is 0.339 e. The van der Waals surface area contributed by atoms with Crippen molar-refractivity contribution in [2.24, 2.45) is 0 Å². The van der Waals surface area contributed by atoms with Crippen molar-refractivity contribution in [3.8, 4) is 6.07 Å². The second-order valence-electron chi connectivity index (χ2n) is 2.92. The molecular formula is C11H9Cl2NO2. The van der Waals surface area contributed by atoms with Gasteiger partial charge in [0.05, 0.1) is 34.7 Å². The van der Waals surface area contributed by atoms with E-state index >= 15 is 0 Å². The zero-order valence-electron chi connectivity index (χ0n) is 8.59. The summed E-state index contributed by atoms with van der Waals surface area (Å²) in [6, 6.07) is 4.94. The molecule has 0 aliphatic rings. The Labute approximate surface area is 104 Å². The number of carbonyl (C=O) groups excluding carboxylic acids is 1. The first-order valence-corrected chi connectivity index (χ1v) is 5.51. The number of ether oxygens (including phenoxy) is 1. The number of alkyl halides is 1. The Morgan fingerprint density at radius 1 is 1.56 bits per heavy atom. The van der Waals surface area contributed by atoms with Crippen LogP contribution in [0.3, 0.4) is 0 Å². The second-order valence-corrected chi connectivity index (χ2v) is 3.56. The highest BCUT2D eigenvalue weighted by Crippen LogP contribution is 2.26. The fraction of sp³-hybridized carbons (Fsp3) is 0.273. The Balaban J connectivity index is 3.25. The molecule has 0 radical (unpaired) electrons. The van der Waals surface area contributed by atoms with Gasteiger partial charge in [0.25, 0.3) is 0 Å². The maximum Gasteiger partial charge on any atom is 0.339 e. The molecule has 0 unspecified atom stereocenters. The van der Waals surface area contributed by atoms with Crippen molar-refractivity contribution in [1.29, 1.82) is 5.26 Å². The highest BCUT2D eigenvalue weighted by Gasteiger charge is 2.16. The number of nitrogens with zero attached hydrogens (tertiary/aromatic N) is 1. The number of halogens is 2. The Morgan fingerprint density at radius 2 is 2.25 bits per heavy atom. The zero-order chi connectivity index (χ0) is 12.1. The number of nitriles is 1. The number of benzene rings is 1. The van der Waals surface area contributed by atoms with E-state index in [1.54, 1.807) is 6.92 Å². The summed E-state index contributed by atoms with van der Waals surface area (Å²) in [4.78, 5) is 11.5. The van der Waals surface area contributed by atoms with Crippen molar-refractivity contribution >= 4 is 29.2 Å². The van der Waals surface area contributed by atoms with E-state index in [2.05, 4.69) is 0 Å². The van der Waals surface area contributed by atoms with E-state index in [0.29, 0.717) is 11.1 Å². The molecule has 0 aliphatic heterocycles. The minimum Gasteiger partial charge on any atom is -0.462 e. The molecule has 0 bridgehead atoms. The number of hydrogen-bond donors (Lipinski definition) is 0. The Bertz CT molecular complexity index is 452. The lowest BCUT2D eigenvalue weighted by molar-refractivity contribution is 0.0526. The van der Waals surface area contributed by atoms with Crippen LogP contribution in [0.25, 0.3) is 0 Å². The fourth-order valence-electron chi connectivity index (χ4n) is 1.22. The van der Waals surface area contributed by atoms with E-state index in [1.165, 1.54) is 12.1 Å². The van der Waals surface area contributed by atoms with Gasteiger partial charge in [0.15, 0.2) is 0 Å². The second kappa shape index (κ2) is 5.74. The molecule has 0 N–H and O–H groups in total. The van der Waals surface area contributed by atoms with E-state index < -0.39 is 5.97 Å². The standard InChI is InChI=1S/C11H9Cl2NO2/c1-2-16-11(15)8-4-3-7(6-14)9(5-12)10(8)13/h3-4H,2,5H2,1H3. The molecule has 0 aromatic heterocycles. The molecule has 1 aromatic carbocycles. The Hall–Kier alpha value is -1.24. The molecule has 1 aromatic rings. The minimum absolute atomic E-state index is 0.0783. The minimum atomic E-state index is -0.511. The van der Waals surface area contributed by atoms with Crippen LogP contribution in [0.4, 0.5) is 0 Å². The molecule has 0 fully saturated rings. The highest BCUT2D eigenvalue weighted by atomic mass is 35.5. The molecule has 0 aliphatic carbocycles. The van der Waals surface area contributed by atoms with Gasteiger partial charge in [0.2, 0.25) is 0 Å². The molecule has 0 amide bonds. The normalized spacial score (nSPS) is 9.62. The van der Waals surface area contributed by atoms with Crippen LogP contribution in [-0.4, -0.2) is 12.6 Å². The lowest BCUT2D eigenvalue weighted by atomic mass is 10.1. The molecule has 3 nitrogen and oxygen atoms in total. The molecule has 0 heterocycles. The third kappa shape index (κ3) is 2.46. The van der Waals surface area contributed by atoms with E-state index in [0.717, 1.165) is 0 Å². The van der Waals surface area contributed by atoms with Gasteiger partial charge in [-0.25, -0.2) is 4.79 Å². The van der Waals surface area contributed by atoms with Crippen molar-refractivity contribution < 1.29 is 9.53 Å². The molecular weight excluding hydrogens is 249 g/mol. The first-order valence-electron chi connectivity index (χ1n) is 4.60. The summed E-state index contributed by atoms with van der Waals surface area (Å²) in [6.45, 7) is 1.98. The number of esters is 1. The van der Waals surface area contributed by atoms with E-state index in [9.17, 15) is 4.79 Å². The summed E-state index contributed by atoms with van der Waals surface area (Å²) in [5.74, 6) is -0.432. The van der Waals surface area contributed by atoms with Crippen LogP contribution >= 0.6 is 23.2 Å². The van der Waals surface area contributed by atoms with Crippen LogP contribution in [0.5, 0.6) is 0 Å². The van der Waals surface area contributed by atoms with Crippen LogP contribution in [0.1, 0.15) is 28.4 Å². The quantitative estimate of drug-likeness (QED) is 0.618. The van der Waals surface area contributed by atoms with Gasteiger partial charge in [-0.1, -0.05) is 11.6 Å². The van der Waals surface area contributed by atoms with Crippen LogP contribution in [0.15, 0.2) is 12.1 Å². The summed E-state index contributed by atoms with van der Waals surface area (Å²) in [6.07, 6.45) is 0. The SMILES string of the molecule is CCOC(=O)c1ccc(C#N)c(CCl)c1Cl. The molecule has 0 saturated carbocycles. The van der Waals surface area contributed by atoms with Crippen molar-refractivity contribution in [2.75, 3.05) is 6.61 Å². The topological polar surface area (TPSA) is 50.1 Å². The monoisotopic (exact) mass is 257 g/mol. The predicted octanol–water partition coefficient (Wildman–Crippen LogP) is 3.13. The van der Waals surface area contributed by atoms with Gasteiger partial charge in [-0.2, -0.15) is 5.26 Å². The number of carbonyl (C=O) groups is 1. The summed E-state index contributed by atoms with van der Waals surface area (Å²) in [7, 11) is 0. The number of hydrogen-bond acceptors (Lipinski definition) is 3. The molecule has 5 heteroatoms. The summed E-state index contributed by atoms with van der Waals surface area (Å²) >= 11 is 11.7. The van der Waals surface area contributed by atoms with Crippen LogP contribution < -0.4 is 0 Å². The maximum absolute atomic E-state index is 11.5. The van der Waals surface area contributed by atoms with Crippen molar-refractivity contribution in [1.82, 2.24) is 0 Å². The molecule has 84 valence electrons. The van der Waals surface area contributed by atoms with Crippen LogP contribution in [-0.2, 0) is 10.6 Å². The van der Waals surface area contributed by atoms with Gasteiger partial charge in [-0.3, -0.25) is 0 Å². The molecule has 0 saturated heterocycles. The van der Waals surface area contributed by atoms with Crippen molar-refractivity contribution in [3.05, 3.63) is 33.8 Å². The summed E-state index contributed by atoms with van der Waals surface area (Å²) in [5, 5.41) is 9.01. The van der Waals surface area contributed by atoms with Gasteiger partial charge in [-0.15, -0.1) is 11.6 Å². The van der Waals surface area contributed by atoms with Gasteiger partial charge < -0.3 is 4.74 Å². The zero-order valence-corrected chi connectivity index (χ0v) is 10.1. The Kier molecular flexibility index (Phi) is 4.60. The average molecular weight is 258 g/mol. The Morgan fingerprint density at radius 3 is 2.75 bits per heavy atom. The lowest BCUT2D eigenvalue weighted by Crippen LogP contribution is -2.07. The van der Waals surface area contributed by atoms with Crippen LogP contribution in [0.2, 0.25) is 5.02 Å².